The van der Waals surface area contributed by atoms with Gasteiger partial charge in [-0.1, -0.05) is 26.0 Å². The fraction of sp³-hybridized carbons (Fsp3) is 0.500. The number of rotatable bonds is 4. The molecular formula is C12H19NO. The molecule has 2 nitrogen and oxygen atoms in total. The van der Waals surface area contributed by atoms with Gasteiger partial charge in [-0.15, -0.1) is 0 Å². The highest BCUT2D eigenvalue weighted by Gasteiger charge is 2.04. The van der Waals surface area contributed by atoms with Gasteiger partial charge in [0.25, 0.3) is 0 Å². The minimum absolute atomic E-state index is 0.332. The van der Waals surface area contributed by atoms with Gasteiger partial charge in [-0.05, 0) is 31.0 Å². The predicted octanol–water partition coefficient (Wildman–Crippen LogP) is 2.32. The zero-order valence-corrected chi connectivity index (χ0v) is 9.12. The van der Waals surface area contributed by atoms with Crippen molar-refractivity contribution in [2.24, 2.45) is 0 Å². The molecule has 1 atom stereocenters. The normalized spacial score (nSPS) is 13.1. The van der Waals surface area contributed by atoms with E-state index in [-0.39, 0.29) is 0 Å². The largest absolute Gasteiger partial charge is 0.508 e. The number of aromatic hydroxyl groups is 1. The van der Waals surface area contributed by atoms with Crippen LogP contribution in [0.25, 0.3) is 0 Å². The maximum absolute atomic E-state index is 9.12. The maximum atomic E-state index is 9.12. The molecule has 2 heteroatoms. The first-order valence-corrected chi connectivity index (χ1v) is 5.12. The lowest BCUT2D eigenvalue weighted by Crippen LogP contribution is -2.33. The first-order chi connectivity index (χ1) is 6.58. The van der Waals surface area contributed by atoms with E-state index in [1.165, 1.54) is 5.56 Å². The molecule has 2 N–H and O–H groups in total. The zero-order chi connectivity index (χ0) is 10.6. The maximum Gasteiger partial charge on any atom is 0.115 e. The van der Waals surface area contributed by atoms with E-state index in [1.807, 2.05) is 12.1 Å². The third-order valence-electron chi connectivity index (χ3n) is 2.10. The second-order valence-corrected chi connectivity index (χ2v) is 4.09. The average Bonchev–Trinajstić information content (AvgIpc) is 2.07. The van der Waals surface area contributed by atoms with Crippen LogP contribution in [0.2, 0.25) is 0 Å². The number of phenols is 1. The Labute approximate surface area is 86.0 Å². The molecule has 1 aromatic rings. The van der Waals surface area contributed by atoms with E-state index in [1.54, 1.807) is 12.1 Å². The Kier molecular flexibility index (Phi) is 3.96. The molecule has 78 valence electrons. The molecule has 0 aliphatic heterocycles. The molecule has 0 bridgehead atoms. The molecule has 0 fully saturated rings. The molecule has 1 rings (SSSR count). The van der Waals surface area contributed by atoms with Crippen molar-refractivity contribution in [3.63, 3.8) is 0 Å². The van der Waals surface area contributed by atoms with Gasteiger partial charge in [0.1, 0.15) is 5.75 Å². The first kappa shape index (κ1) is 11.1. The third-order valence-corrected chi connectivity index (χ3v) is 2.10. The van der Waals surface area contributed by atoms with Crippen LogP contribution in [0.5, 0.6) is 5.75 Å². The van der Waals surface area contributed by atoms with Gasteiger partial charge < -0.3 is 10.4 Å². The Balaban J connectivity index is 2.47. The fourth-order valence-corrected chi connectivity index (χ4v) is 1.61. The van der Waals surface area contributed by atoms with E-state index < -0.39 is 0 Å². The third kappa shape index (κ3) is 3.79. The number of phenolic OH excluding ortho intramolecular Hbond substituents is 1. The number of nitrogens with one attached hydrogen (secondary N) is 1. The fourth-order valence-electron chi connectivity index (χ4n) is 1.61. The molecule has 1 unspecified atom stereocenters. The molecule has 0 aliphatic carbocycles. The zero-order valence-electron chi connectivity index (χ0n) is 9.12. The lowest BCUT2D eigenvalue weighted by atomic mass is 10.1. The topological polar surface area (TPSA) is 32.3 Å². The van der Waals surface area contributed by atoms with Crippen molar-refractivity contribution < 1.29 is 5.11 Å². The number of benzene rings is 1. The van der Waals surface area contributed by atoms with Gasteiger partial charge in [0, 0.05) is 12.1 Å². The van der Waals surface area contributed by atoms with Crippen molar-refractivity contribution in [1.29, 1.82) is 0 Å². The Morgan fingerprint density at radius 3 is 2.21 bits per heavy atom. The Hall–Kier alpha value is -1.02. The van der Waals surface area contributed by atoms with Crippen molar-refractivity contribution in [1.82, 2.24) is 5.32 Å². The van der Waals surface area contributed by atoms with Crippen molar-refractivity contribution in [3.05, 3.63) is 29.8 Å². The lowest BCUT2D eigenvalue weighted by molar-refractivity contribution is 0.473. The van der Waals surface area contributed by atoms with Crippen molar-refractivity contribution in [2.75, 3.05) is 0 Å². The number of hydrogen-bond acceptors (Lipinski definition) is 2. The Morgan fingerprint density at radius 2 is 1.71 bits per heavy atom. The summed E-state index contributed by atoms with van der Waals surface area (Å²) < 4.78 is 0. The second kappa shape index (κ2) is 5.01. The summed E-state index contributed by atoms with van der Waals surface area (Å²) in [4.78, 5) is 0. The summed E-state index contributed by atoms with van der Waals surface area (Å²) in [7, 11) is 0. The van der Waals surface area contributed by atoms with Gasteiger partial charge in [0.2, 0.25) is 0 Å². The Morgan fingerprint density at radius 1 is 1.14 bits per heavy atom. The molecule has 0 saturated heterocycles. The van der Waals surface area contributed by atoms with E-state index in [9.17, 15) is 0 Å². The molecule has 1 aromatic carbocycles. The standard InChI is InChI=1S/C12H19NO/c1-9(2)13-10(3)8-11-4-6-12(14)7-5-11/h4-7,9-10,13-14H,8H2,1-3H3. The van der Waals surface area contributed by atoms with Crippen LogP contribution in [0.1, 0.15) is 26.3 Å². The highest BCUT2D eigenvalue weighted by Crippen LogP contribution is 2.11. The molecule has 0 radical (unpaired) electrons. The van der Waals surface area contributed by atoms with E-state index in [0.29, 0.717) is 17.8 Å². The summed E-state index contributed by atoms with van der Waals surface area (Å²) in [6.07, 6.45) is 0.998. The van der Waals surface area contributed by atoms with Crippen LogP contribution in [0.3, 0.4) is 0 Å². The van der Waals surface area contributed by atoms with Crippen molar-refractivity contribution in [2.45, 2.75) is 39.3 Å². The highest BCUT2D eigenvalue weighted by atomic mass is 16.3. The van der Waals surface area contributed by atoms with Gasteiger partial charge >= 0.3 is 0 Å². The molecule has 0 heterocycles. The van der Waals surface area contributed by atoms with Crippen LogP contribution in [-0.2, 0) is 6.42 Å². The minimum Gasteiger partial charge on any atom is -0.508 e. The summed E-state index contributed by atoms with van der Waals surface area (Å²) >= 11 is 0. The summed E-state index contributed by atoms with van der Waals surface area (Å²) in [5, 5.41) is 12.6. The highest BCUT2D eigenvalue weighted by molar-refractivity contribution is 5.26. The van der Waals surface area contributed by atoms with E-state index in [2.05, 4.69) is 26.1 Å². The van der Waals surface area contributed by atoms with E-state index in [0.717, 1.165) is 6.42 Å². The van der Waals surface area contributed by atoms with Crippen molar-refractivity contribution in [3.8, 4) is 5.75 Å². The summed E-state index contributed by atoms with van der Waals surface area (Å²) in [6.45, 7) is 6.47. The van der Waals surface area contributed by atoms with E-state index >= 15 is 0 Å². The van der Waals surface area contributed by atoms with Crippen LogP contribution >= 0.6 is 0 Å². The monoisotopic (exact) mass is 193 g/mol. The van der Waals surface area contributed by atoms with Crippen LogP contribution in [-0.4, -0.2) is 17.2 Å². The Bertz CT molecular complexity index is 266. The first-order valence-electron chi connectivity index (χ1n) is 5.12. The van der Waals surface area contributed by atoms with E-state index in [4.69, 9.17) is 5.11 Å². The van der Waals surface area contributed by atoms with Crippen molar-refractivity contribution >= 4 is 0 Å². The lowest BCUT2D eigenvalue weighted by Gasteiger charge is -2.16. The van der Waals surface area contributed by atoms with Gasteiger partial charge in [-0.3, -0.25) is 0 Å². The molecule has 0 amide bonds. The van der Waals surface area contributed by atoms with Gasteiger partial charge in [-0.25, -0.2) is 0 Å². The minimum atomic E-state index is 0.332. The second-order valence-electron chi connectivity index (χ2n) is 4.09. The smallest absolute Gasteiger partial charge is 0.115 e. The number of hydrogen-bond donors (Lipinski definition) is 2. The molecule has 0 aliphatic rings. The summed E-state index contributed by atoms with van der Waals surface area (Å²) in [5.74, 6) is 0.332. The molecule has 0 aromatic heterocycles. The SMILES string of the molecule is CC(C)NC(C)Cc1ccc(O)cc1. The molecule has 0 saturated carbocycles. The summed E-state index contributed by atoms with van der Waals surface area (Å²) in [5.41, 5.74) is 1.25. The average molecular weight is 193 g/mol. The molecular weight excluding hydrogens is 174 g/mol. The predicted molar refractivity (Wildman–Crippen MR) is 59.5 cm³/mol. The van der Waals surface area contributed by atoms with Gasteiger partial charge in [0.15, 0.2) is 0 Å². The van der Waals surface area contributed by atoms with Crippen LogP contribution in [0, 0.1) is 0 Å². The van der Waals surface area contributed by atoms with Crippen LogP contribution < -0.4 is 5.32 Å². The van der Waals surface area contributed by atoms with Gasteiger partial charge in [0.05, 0.1) is 0 Å². The molecule has 14 heavy (non-hydrogen) atoms. The quantitative estimate of drug-likeness (QED) is 0.769. The van der Waals surface area contributed by atoms with Crippen LogP contribution in [0.15, 0.2) is 24.3 Å². The summed E-state index contributed by atoms with van der Waals surface area (Å²) in [6, 6.07) is 8.39. The molecule has 0 spiro atoms. The van der Waals surface area contributed by atoms with Gasteiger partial charge in [-0.2, -0.15) is 0 Å². The van der Waals surface area contributed by atoms with Crippen LogP contribution in [0.4, 0.5) is 0 Å².